The van der Waals surface area contributed by atoms with E-state index in [0.717, 1.165) is 39.3 Å². The van der Waals surface area contributed by atoms with E-state index in [4.69, 9.17) is 0 Å². The van der Waals surface area contributed by atoms with E-state index in [2.05, 4.69) is 28.9 Å². The Bertz CT molecular complexity index is 382. The van der Waals surface area contributed by atoms with Gasteiger partial charge in [-0.1, -0.05) is 13.8 Å². The third-order valence-electron chi connectivity index (χ3n) is 3.45. The fourth-order valence-corrected chi connectivity index (χ4v) is 2.29. The molecule has 0 N–H and O–H groups in total. The highest BCUT2D eigenvalue weighted by Gasteiger charge is 2.21. The number of nitrogens with zero attached hydrogens (tertiary/aromatic N) is 5. The monoisotopic (exact) mass is 265 g/mol. The molecule has 106 valence electrons. The SMILES string of the molecule is CC(C)CC(=O)N1CCN(CCn2cnnc2)CC1. The van der Waals surface area contributed by atoms with Crippen LogP contribution in [0.5, 0.6) is 0 Å². The Morgan fingerprint density at radius 1 is 1.11 bits per heavy atom. The summed E-state index contributed by atoms with van der Waals surface area (Å²) < 4.78 is 1.98. The molecule has 0 spiro atoms. The molecule has 0 bridgehead atoms. The van der Waals surface area contributed by atoms with E-state index in [9.17, 15) is 4.79 Å². The fourth-order valence-electron chi connectivity index (χ4n) is 2.29. The summed E-state index contributed by atoms with van der Waals surface area (Å²) >= 11 is 0. The van der Waals surface area contributed by atoms with Crippen LogP contribution in [-0.4, -0.2) is 63.2 Å². The van der Waals surface area contributed by atoms with Gasteiger partial charge in [-0.2, -0.15) is 0 Å². The largest absolute Gasteiger partial charge is 0.340 e. The highest BCUT2D eigenvalue weighted by molar-refractivity contribution is 5.76. The Hall–Kier alpha value is -1.43. The second-order valence-electron chi connectivity index (χ2n) is 5.52. The molecule has 1 aromatic heterocycles. The molecule has 2 heterocycles. The van der Waals surface area contributed by atoms with E-state index in [0.29, 0.717) is 18.2 Å². The van der Waals surface area contributed by atoms with Crippen LogP contribution in [-0.2, 0) is 11.3 Å². The average molecular weight is 265 g/mol. The Kier molecular flexibility index (Phi) is 4.90. The molecule has 1 aliphatic heterocycles. The van der Waals surface area contributed by atoms with Crippen LogP contribution in [0.15, 0.2) is 12.7 Å². The van der Waals surface area contributed by atoms with E-state index in [1.807, 2.05) is 9.47 Å². The van der Waals surface area contributed by atoms with Crippen LogP contribution in [0.3, 0.4) is 0 Å². The predicted octanol–water partition coefficient (Wildman–Crippen LogP) is 0.468. The molecule has 0 aromatic carbocycles. The quantitative estimate of drug-likeness (QED) is 0.776. The summed E-state index contributed by atoms with van der Waals surface area (Å²) in [7, 11) is 0. The summed E-state index contributed by atoms with van der Waals surface area (Å²) in [5.41, 5.74) is 0. The van der Waals surface area contributed by atoms with Gasteiger partial charge in [-0.3, -0.25) is 9.69 Å². The standard InChI is InChI=1S/C13H23N5O/c1-12(2)9-13(19)18-7-5-16(6-8-18)3-4-17-10-14-15-11-17/h10-12H,3-9H2,1-2H3. The number of carbonyl (C=O) groups is 1. The second kappa shape index (κ2) is 6.65. The van der Waals surface area contributed by atoms with Gasteiger partial charge in [-0.15, -0.1) is 10.2 Å². The molecule has 0 aliphatic carbocycles. The second-order valence-corrected chi connectivity index (χ2v) is 5.52. The van der Waals surface area contributed by atoms with Crippen molar-refractivity contribution in [2.45, 2.75) is 26.8 Å². The van der Waals surface area contributed by atoms with Crippen molar-refractivity contribution in [2.24, 2.45) is 5.92 Å². The number of aromatic nitrogens is 3. The summed E-state index contributed by atoms with van der Waals surface area (Å²) in [6.07, 6.45) is 4.14. The molecular weight excluding hydrogens is 242 g/mol. The van der Waals surface area contributed by atoms with E-state index in [1.165, 1.54) is 0 Å². The van der Waals surface area contributed by atoms with Crippen LogP contribution in [0, 0.1) is 5.92 Å². The van der Waals surface area contributed by atoms with Crippen LogP contribution >= 0.6 is 0 Å². The Morgan fingerprint density at radius 3 is 2.32 bits per heavy atom. The van der Waals surface area contributed by atoms with Crippen molar-refractivity contribution < 1.29 is 4.79 Å². The highest BCUT2D eigenvalue weighted by Crippen LogP contribution is 2.08. The van der Waals surface area contributed by atoms with Gasteiger partial charge in [0, 0.05) is 45.7 Å². The first-order chi connectivity index (χ1) is 9.15. The average Bonchev–Trinajstić information content (AvgIpc) is 2.89. The summed E-state index contributed by atoms with van der Waals surface area (Å²) in [6.45, 7) is 9.72. The molecule has 2 rings (SSSR count). The van der Waals surface area contributed by atoms with Crippen molar-refractivity contribution in [3.8, 4) is 0 Å². The maximum atomic E-state index is 11.9. The first kappa shape index (κ1) is 14.0. The first-order valence-corrected chi connectivity index (χ1v) is 6.97. The van der Waals surface area contributed by atoms with E-state index in [-0.39, 0.29) is 0 Å². The highest BCUT2D eigenvalue weighted by atomic mass is 16.2. The lowest BCUT2D eigenvalue weighted by atomic mass is 10.1. The van der Waals surface area contributed by atoms with Gasteiger partial charge >= 0.3 is 0 Å². The third kappa shape index (κ3) is 4.31. The summed E-state index contributed by atoms with van der Waals surface area (Å²) in [5.74, 6) is 0.743. The Labute approximate surface area is 114 Å². The van der Waals surface area contributed by atoms with Crippen LogP contribution in [0.1, 0.15) is 20.3 Å². The summed E-state index contributed by atoms with van der Waals surface area (Å²) in [4.78, 5) is 16.3. The predicted molar refractivity (Wildman–Crippen MR) is 72.5 cm³/mol. The molecule has 1 aromatic rings. The molecule has 0 atom stereocenters. The van der Waals surface area contributed by atoms with Crippen LogP contribution in [0.4, 0.5) is 0 Å². The molecule has 1 saturated heterocycles. The van der Waals surface area contributed by atoms with E-state index >= 15 is 0 Å². The number of piperazine rings is 1. The fraction of sp³-hybridized carbons (Fsp3) is 0.769. The minimum Gasteiger partial charge on any atom is -0.340 e. The van der Waals surface area contributed by atoms with Crippen molar-refractivity contribution in [3.63, 3.8) is 0 Å². The molecule has 0 saturated carbocycles. The summed E-state index contributed by atoms with van der Waals surface area (Å²) in [5, 5.41) is 7.58. The molecule has 19 heavy (non-hydrogen) atoms. The van der Waals surface area contributed by atoms with Crippen LogP contribution in [0.2, 0.25) is 0 Å². The molecule has 6 heteroatoms. The first-order valence-electron chi connectivity index (χ1n) is 6.97. The third-order valence-corrected chi connectivity index (χ3v) is 3.45. The molecule has 1 fully saturated rings. The molecule has 1 amide bonds. The topological polar surface area (TPSA) is 54.3 Å². The smallest absolute Gasteiger partial charge is 0.222 e. The zero-order valence-electron chi connectivity index (χ0n) is 11.8. The lowest BCUT2D eigenvalue weighted by Gasteiger charge is -2.35. The van der Waals surface area contributed by atoms with Crippen molar-refractivity contribution in [1.29, 1.82) is 0 Å². The number of amides is 1. The van der Waals surface area contributed by atoms with Gasteiger partial charge in [-0.25, -0.2) is 0 Å². The van der Waals surface area contributed by atoms with Gasteiger partial charge in [0.25, 0.3) is 0 Å². The molecule has 0 radical (unpaired) electrons. The van der Waals surface area contributed by atoms with Crippen molar-refractivity contribution in [2.75, 3.05) is 32.7 Å². The van der Waals surface area contributed by atoms with E-state index < -0.39 is 0 Å². The maximum absolute atomic E-state index is 11.9. The minimum absolute atomic E-state index is 0.299. The number of hydrogen-bond acceptors (Lipinski definition) is 4. The maximum Gasteiger partial charge on any atom is 0.222 e. The number of hydrogen-bond donors (Lipinski definition) is 0. The van der Waals surface area contributed by atoms with Gasteiger partial charge in [0.15, 0.2) is 0 Å². The van der Waals surface area contributed by atoms with Crippen LogP contribution < -0.4 is 0 Å². The number of rotatable bonds is 5. The lowest BCUT2D eigenvalue weighted by Crippen LogP contribution is -2.49. The zero-order chi connectivity index (χ0) is 13.7. The van der Waals surface area contributed by atoms with Crippen molar-refractivity contribution >= 4 is 5.91 Å². The normalized spacial score (nSPS) is 17.1. The van der Waals surface area contributed by atoms with Gasteiger partial charge < -0.3 is 9.47 Å². The van der Waals surface area contributed by atoms with E-state index in [1.54, 1.807) is 12.7 Å². The molecule has 6 nitrogen and oxygen atoms in total. The van der Waals surface area contributed by atoms with Gasteiger partial charge in [0.05, 0.1) is 0 Å². The summed E-state index contributed by atoms with van der Waals surface area (Å²) in [6, 6.07) is 0. The van der Waals surface area contributed by atoms with Crippen molar-refractivity contribution in [3.05, 3.63) is 12.7 Å². The van der Waals surface area contributed by atoms with Gasteiger partial charge in [0.2, 0.25) is 5.91 Å². The van der Waals surface area contributed by atoms with Gasteiger partial charge in [-0.05, 0) is 5.92 Å². The Balaban J connectivity index is 1.69. The minimum atomic E-state index is 0.299. The van der Waals surface area contributed by atoms with Crippen molar-refractivity contribution in [1.82, 2.24) is 24.6 Å². The van der Waals surface area contributed by atoms with Gasteiger partial charge in [0.1, 0.15) is 12.7 Å². The Morgan fingerprint density at radius 2 is 1.74 bits per heavy atom. The molecular formula is C13H23N5O. The number of carbonyl (C=O) groups excluding carboxylic acids is 1. The van der Waals surface area contributed by atoms with Crippen LogP contribution in [0.25, 0.3) is 0 Å². The molecule has 0 unspecified atom stereocenters. The molecule has 1 aliphatic rings. The zero-order valence-corrected chi connectivity index (χ0v) is 11.8. The lowest BCUT2D eigenvalue weighted by molar-refractivity contribution is -0.133.